The number of hydrogen-bond acceptors (Lipinski definition) is 10. The fourth-order valence-electron chi connectivity index (χ4n) is 3.40. The third kappa shape index (κ3) is 5.12. The van der Waals surface area contributed by atoms with Crippen LogP contribution in [0.2, 0.25) is 0 Å². The molecule has 3 rings (SSSR count). The van der Waals surface area contributed by atoms with Crippen LogP contribution in [0.5, 0.6) is 23.0 Å². The predicted molar refractivity (Wildman–Crippen MR) is 110 cm³/mol. The molecule has 1 aliphatic heterocycles. The number of aliphatic hydroxyl groups is 4. The molecule has 32 heavy (non-hydrogen) atoms. The van der Waals surface area contributed by atoms with Gasteiger partial charge in [-0.05, 0) is 24.1 Å². The quantitative estimate of drug-likeness (QED) is 0.304. The maximum Gasteiger partial charge on any atom is 0.229 e. The van der Waals surface area contributed by atoms with Crippen molar-refractivity contribution in [2.45, 2.75) is 43.5 Å². The average molecular weight is 450 g/mol. The number of hydrogen-bond donors (Lipinski definition) is 6. The number of phenols is 2. The minimum absolute atomic E-state index is 0.00426. The van der Waals surface area contributed by atoms with Gasteiger partial charge in [-0.3, -0.25) is 4.79 Å². The zero-order valence-electron chi connectivity index (χ0n) is 17.3. The second kappa shape index (κ2) is 10.2. The minimum atomic E-state index is -1.69. The van der Waals surface area contributed by atoms with E-state index in [-0.39, 0.29) is 29.2 Å². The lowest BCUT2D eigenvalue weighted by atomic mass is 9.99. The summed E-state index contributed by atoms with van der Waals surface area (Å²) in [6.07, 6.45) is -7.36. The van der Waals surface area contributed by atoms with Gasteiger partial charge in [-0.15, -0.1) is 0 Å². The lowest BCUT2D eigenvalue weighted by Gasteiger charge is -2.39. The van der Waals surface area contributed by atoms with E-state index in [9.17, 15) is 35.4 Å². The van der Waals surface area contributed by atoms with Crippen LogP contribution in [-0.4, -0.2) is 80.8 Å². The summed E-state index contributed by atoms with van der Waals surface area (Å²) in [6.45, 7) is -0.646. The molecule has 0 aromatic heterocycles. The number of Topliss-reactive ketones (excluding diaryl/α,β-unsaturated/α-hetero) is 1. The smallest absolute Gasteiger partial charge is 0.229 e. The molecule has 2 aromatic rings. The number of aryl methyl sites for hydroxylation is 1. The third-order valence-corrected chi connectivity index (χ3v) is 5.24. The van der Waals surface area contributed by atoms with Crippen LogP contribution in [0.1, 0.15) is 22.3 Å². The largest absolute Gasteiger partial charge is 0.508 e. The number of ether oxygens (including phenoxy) is 3. The first-order valence-electron chi connectivity index (χ1n) is 9.94. The zero-order valence-corrected chi connectivity index (χ0v) is 17.3. The Kier molecular flexibility index (Phi) is 7.54. The molecule has 0 unspecified atom stereocenters. The first-order valence-corrected chi connectivity index (χ1v) is 9.94. The van der Waals surface area contributed by atoms with Gasteiger partial charge in [-0.25, -0.2) is 0 Å². The highest BCUT2D eigenvalue weighted by molar-refractivity contribution is 6.01. The Morgan fingerprint density at radius 1 is 1.03 bits per heavy atom. The van der Waals surface area contributed by atoms with Crippen molar-refractivity contribution >= 4 is 5.78 Å². The van der Waals surface area contributed by atoms with Gasteiger partial charge < -0.3 is 44.8 Å². The van der Waals surface area contributed by atoms with Crippen molar-refractivity contribution in [3.05, 3.63) is 47.5 Å². The van der Waals surface area contributed by atoms with Crippen molar-refractivity contribution in [2.75, 3.05) is 13.7 Å². The Labute approximate surface area is 183 Å². The number of aliphatic hydroxyl groups excluding tert-OH is 4. The van der Waals surface area contributed by atoms with E-state index in [4.69, 9.17) is 14.2 Å². The summed E-state index contributed by atoms with van der Waals surface area (Å²) in [7, 11) is 1.35. The Morgan fingerprint density at radius 3 is 2.34 bits per heavy atom. The number of phenolic OH excluding ortho intramolecular Hbond substituents is 2. The lowest BCUT2D eigenvalue weighted by molar-refractivity contribution is -0.277. The lowest BCUT2D eigenvalue weighted by Crippen LogP contribution is -2.60. The van der Waals surface area contributed by atoms with Gasteiger partial charge in [0.25, 0.3) is 0 Å². The monoisotopic (exact) mass is 450 g/mol. The highest BCUT2D eigenvalue weighted by Crippen LogP contribution is 2.36. The molecule has 10 heteroatoms. The number of methoxy groups -OCH3 is 1. The van der Waals surface area contributed by atoms with Gasteiger partial charge in [0.05, 0.1) is 13.7 Å². The molecular formula is C22H26O10. The molecule has 0 saturated carbocycles. The fraction of sp³-hybridized carbons (Fsp3) is 0.409. The normalized spacial score (nSPS) is 25.3. The van der Waals surface area contributed by atoms with E-state index in [1.165, 1.54) is 31.4 Å². The molecule has 0 bridgehead atoms. The van der Waals surface area contributed by atoms with Crippen LogP contribution >= 0.6 is 0 Å². The van der Waals surface area contributed by atoms with Crippen molar-refractivity contribution in [2.24, 2.45) is 0 Å². The Hall–Kier alpha value is -2.89. The Morgan fingerprint density at radius 2 is 1.72 bits per heavy atom. The molecular weight excluding hydrogens is 424 g/mol. The van der Waals surface area contributed by atoms with Crippen molar-refractivity contribution in [1.82, 2.24) is 0 Å². The van der Waals surface area contributed by atoms with Crippen molar-refractivity contribution in [3.8, 4) is 23.0 Å². The molecule has 1 heterocycles. The zero-order chi connectivity index (χ0) is 23.4. The number of aromatic hydroxyl groups is 2. The third-order valence-electron chi connectivity index (χ3n) is 5.24. The number of carbonyl (C=O) groups is 1. The highest BCUT2D eigenvalue weighted by atomic mass is 16.7. The maximum atomic E-state index is 12.9. The molecule has 174 valence electrons. The highest BCUT2D eigenvalue weighted by Gasteiger charge is 2.45. The Balaban J connectivity index is 1.85. The summed E-state index contributed by atoms with van der Waals surface area (Å²) >= 11 is 0. The average Bonchev–Trinajstić information content (AvgIpc) is 2.78. The van der Waals surface area contributed by atoms with Crippen LogP contribution in [0.3, 0.4) is 0 Å². The summed E-state index contributed by atoms with van der Waals surface area (Å²) in [6, 6.07) is 8.88. The van der Waals surface area contributed by atoms with Gasteiger partial charge in [-0.1, -0.05) is 12.1 Å². The molecule has 0 radical (unpaired) electrons. The van der Waals surface area contributed by atoms with Crippen LogP contribution in [0, 0.1) is 0 Å². The summed E-state index contributed by atoms with van der Waals surface area (Å²) in [4.78, 5) is 12.9. The van der Waals surface area contributed by atoms with Gasteiger partial charge in [0.15, 0.2) is 5.78 Å². The fourth-order valence-corrected chi connectivity index (χ4v) is 3.40. The second-order valence-electron chi connectivity index (χ2n) is 7.42. The van der Waals surface area contributed by atoms with E-state index in [0.717, 1.165) is 5.56 Å². The maximum absolute atomic E-state index is 12.9. The van der Waals surface area contributed by atoms with E-state index >= 15 is 0 Å². The molecule has 1 fully saturated rings. The summed E-state index contributed by atoms with van der Waals surface area (Å²) in [5, 5.41) is 59.3. The first-order chi connectivity index (χ1) is 15.2. The topological polar surface area (TPSA) is 166 Å². The van der Waals surface area contributed by atoms with E-state index in [1.807, 2.05) is 0 Å². The molecule has 5 atom stereocenters. The van der Waals surface area contributed by atoms with E-state index in [0.29, 0.717) is 6.42 Å². The van der Waals surface area contributed by atoms with Gasteiger partial charge in [0.1, 0.15) is 53.0 Å². The van der Waals surface area contributed by atoms with E-state index < -0.39 is 48.8 Å². The van der Waals surface area contributed by atoms with Crippen LogP contribution in [-0.2, 0) is 11.2 Å². The molecule has 10 nitrogen and oxygen atoms in total. The predicted octanol–water partition coefficient (Wildman–Crippen LogP) is 0.101. The van der Waals surface area contributed by atoms with Gasteiger partial charge in [0, 0.05) is 18.6 Å². The summed E-state index contributed by atoms with van der Waals surface area (Å²) < 4.78 is 16.0. The van der Waals surface area contributed by atoms with Crippen molar-refractivity contribution in [1.29, 1.82) is 0 Å². The summed E-state index contributed by atoms with van der Waals surface area (Å²) in [5.41, 5.74) is 0.613. The van der Waals surface area contributed by atoms with E-state index in [1.54, 1.807) is 12.1 Å². The molecule has 6 N–H and O–H groups in total. The molecule has 0 amide bonds. The molecule has 1 aliphatic rings. The van der Waals surface area contributed by atoms with Crippen molar-refractivity contribution < 1.29 is 49.6 Å². The number of ketones is 1. The molecule has 1 saturated heterocycles. The minimum Gasteiger partial charge on any atom is -0.508 e. The number of benzene rings is 2. The van der Waals surface area contributed by atoms with Gasteiger partial charge in [-0.2, -0.15) is 0 Å². The van der Waals surface area contributed by atoms with Crippen LogP contribution in [0.15, 0.2) is 36.4 Å². The Bertz CT molecular complexity index is 927. The van der Waals surface area contributed by atoms with Gasteiger partial charge >= 0.3 is 0 Å². The molecule has 0 spiro atoms. The summed E-state index contributed by atoms with van der Waals surface area (Å²) in [5.74, 6) is -0.792. The van der Waals surface area contributed by atoms with E-state index in [2.05, 4.69) is 0 Å². The standard InChI is InChI=1S/C22H26O10/c1-30-13-8-15(26)18(14(25)7-4-11-2-5-12(24)6-3-11)16(9-13)31-22-21(29)20(28)19(27)17(10-23)32-22/h2-3,5-6,8-9,17,19-24,26-29H,4,7,10H2,1H3/t17-,19-,20+,21-,22-/m1/s1. The van der Waals surface area contributed by atoms with Crippen LogP contribution in [0.25, 0.3) is 0 Å². The molecule has 2 aromatic carbocycles. The van der Waals surface area contributed by atoms with Crippen LogP contribution in [0.4, 0.5) is 0 Å². The molecule has 0 aliphatic carbocycles. The number of carbonyl (C=O) groups excluding carboxylic acids is 1. The second-order valence-corrected chi connectivity index (χ2v) is 7.42. The van der Waals surface area contributed by atoms with Crippen molar-refractivity contribution in [3.63, 3.8) is 0 Å². The first kappa shape index (κ1) is 23.8. The SMILES string of the molecule is COc1cc(O)c(C(=O)CCc2ccc(O)cc2)c(O[C@@H]2O[C@H](CO)[C@@H](O)[C@H](O)[C@H]2O)c1. The number of rotatable bonds is 8. The van der Waals surface area contributed by atoms with Gasteiger partial charge in [0.2, 0.25) is 6.29 Å². The van der Waals surface area contributed by atoms with Crippen LogP contribution < -0.4 is 9.47 Å².